The third-order valence-corrected chi connectivity index (χ3v) is 2.67. The lowest BCUT2D eigenvalue weighted by atomic mass is 10.0. The molecule has 0 aliphatic heterocycles. The van der Waals surface area contributed by atoms with Gasteiger partial charge in [-0.3, -0.25) is 0 Å². The zero-order chi connectivity index (χ0) is 8.65. The molecule has 3 atom stereocenters. The van der Waals surface area contributed by atoms with Gasteiger partial charge in [0, 0.05) is 0 Å². The topological polar surface area (TPSA) is 40.5 Å². The van der Waals surface area contributed by atoms with Crippen LogP contribution < -0.4 is 0 Å². The molecule has 0 heterocycles. The first-order valence-corrected chi connectivity index (χ1v) is 4.34. The van der Waals surface area contributed by atoms with Gasteiger partial charge in [0.2, 0.25) is 0 Å². The zero-order valence-corrected chi connectivity index (χ0v) is 7.54. The van der Waals surface area contributed by atoms with Crippen LogP contribution >= 0.6 is 0 Å². The van der Waals surface area contributed by atoms with Crippen molar-refractivity contribution in [2.75, 3.05) is 0 Å². The Balaban J connectivity index is 2.23. The average Bonchev–Trinajstić information content (AvgIpc) is 2.39. The summed E-state index contributed by atoms with van der Waals surface area (Å²) < 4.78 is 0. The van der Waals surface area contributed by atoms with E-state index in [1.807, 2.05) is 20.8 Å². The van der Waals surface area contributed by atoms with Crippen molar-refractivity contribution in [2.45, 2.75) is 45.3 Å². The summed E-state index contributed by atoms with van der Waals surface area (Å²) in [6.45, 7) is 5.84. The molecular weight excluding hydrogens is 140 g/mol. The molecule has 0 aromatic heterocycles. The molecule has 11 heavy (non-hydrogen) atoms. The predicted molar refractivity (Wildman–Crippen MR) is 44.2 cm³/mol. The molecule has 2 N–H and O–H groups in total. The van der Waals surface area contributed by atoms with E-state index >= 15 is 0 Å². The largest absolute Gasteiger partial charge is 0.393 e. The predicted octanol–water partition coefficient (Wildman–Crippen LogP) is 1.16. The van der Waals surface area contributed by atoms with Crippen LogP contribution in [0.4, 0.5) is 0 Å². The molecule has 1 rings (SSSR count). The summed E-state index contributed by atoms with van der Waals surface area (Å²) in [6.07, 6.45) is 1.37. The van der Waals surface area contributed by atoms with Gasteiger partial charge < -0.3 is 10.2 Å². The first-order chi connectivity index (χ1) is 4.93. The first kappa shape index (κ1) is 9.01. The molecule has 0 saturated heterocycles. The Labute approximate surface area is 68.2 Å². The molecular formula is C9H18O2. The second kappa shape index (κ2) is 2.76. The fraction of sp³-hybridized carbons (Fsp3) is 1.00. The van der Waals surface area contributed by atoms with Gasteiger partial charge >= 0.3 is 0 Å². The molecule has 2 heteroatoms. The molecule has 0 radical (unpaired) electrons. The fourth-order valence-electron chi connectivity index (χ4n) is 1.34. The van der Waals surface area contributed by atoms with Gasteiger partial charge in [-0.25, -0.2) is 0 Å². The van der Waals surface area contributed by atoms with Crippen LogP contribution in [0.5, 0.6) is 0 Å². The fourth-order valence-corrected chi connectivity index (χ4v) is 1.34. The minimum atomic E-state index is -0.476. The molecule has 1 fully saturated rings. The third-order valence-electron chi connectivity index (χ3n) is 2.67. The Morgan fingerprint density at radius 3 is 2.27 bits per heavy atom. The summed E-state index contributed by atoms with van der Waals surface area (Å²) in [6, 6.07) is 0. The summed E-state index contributed by atoms with van der Waals surface area (Å²) >= 11 is 0. The Hall–Kier alpha value is -0.0800. The molecule has 1 aliphatic rings. The van der Waals surface area contributed by atoms with Crippen molar-refractivity contribution in [2.24, 2.45) is 11.8 Å². The minimum absolute atomic E-state index is 0.242. The van der Waals surface area contributed by atoms with Crippen LogP contribution in [-0.2, 0) is 0 Å². The van der Waals surface area contributed by atoms with E-state index in [1.54, 1.807) is 0 Å². The Morgan fingerprint density at radius 2 is 2.00 bits per heavy atom. The molecule has 1 aliphatic carbocycles. The summed E-state index contributed by atoms with van der Waals surface area (Å²) in [4.78, 5) is 0. The summed E-state index contributed by atoms with van der Waals surface area (Å²) in [5, 5.41) is 18.9. The van der Waals surface area contributed by atoms with Crippen molar-refractivity contribution in [3.8, 4) is 0 Å². The van der Waals surface area contributed by atoms with Crippen molar-refractivity contribution < 1.29 is 10.2 Å². The number of aliphatic hydroxyl groups is 2. The van der Waals surface area contributed by atoms with Crippen molar-refractivity contribution in [1.29, 1.82) is 0 Å². The number of aliphatic hydroxyl groups excluding tert-OH is 1. The molecule has 66 valence electrons. The van der Waals surface area contributed by atoms with Crippen molar-refractivity contribution in [1.82, 2.24) is 0 Å². The number of hydrogen-bond acceptors (Lipinski definition) is 2. The summed E-state index contributed by atoms with van der Waals surface area (Å²) in [5.41, 5.74) is -0.476. The highest BCUT2D eigenvalue weighted by atomic mass is 16.3. The van der Waals surface area contributed by atoms with Crippen LogP contribution in [0.25, 0.3) is 0 Å². The molecule has 2 nitrogen and oxygen atoms in total. The molecule has 0 bridgehead atoms. The second-order valence-corrected chi connectivity index (χ2v) is 4.31. The lowest BCUT2D eigenvalue weighted by molar-refractivity contribution is 0.0861. The standard InChI is InChI=1S/C9H18O2/c1-6(2)8(10)4-7-5-9(7,3)11/h6-8,10-11H,4-5H2,1-3H3/t7-,8+,9+/m1/s1. The van der Waals surface area contributed by atoms with Gasteiger partial charge in [-0.15, -0.1) is 0 Å². The average molecular weight is 158 g/mol. The van der Waals surface area contributed by atoms with E-state index in [0.717, 1.165) is 12.8 Å². The van der Waals surface area contributed by atoms with E-state index in [2.05, 4.69) is 0 Å². The second-order valence-electron chi connectivity index (χ2n) is 4.31. The Bertz CT molecular complexity index is 140. The van der Waals surface area contributed by atoms with E-state index in [9.17, 15) is 10.2 Å². The van der Waals surface area contributed by atoms with Gasteiger partial charge in [0.05, 0.1) is 11.7 Å². The van der Waals surface area contributed by atoms with Crippen LogP contribution in [0.15, 0.2) is 0 Å². The maximum absolute atomic E-state index is 9.46. The van der Waals surface area contributed by atoms with E-state index in [0.29, 0.717) is 11.8 Å². The van der Waals surface area contributed by atoms with Gasteiger partial charge in [-0.2, -0.15) is 0 Å². The quantitative estimate of drug-likeness (QED) is 0.647. The number of rotatable bonds is 3. The normalized spacial score (nSPS) is 39.3. The highest BCUT2D eigenvalue weighted by molar-refractivity contribution is 5.00. The van der Waals surface area contributed by atoms with Crippen molar-refractivity contribution >= 4 is 0 Å². The highest BCUT2D eigenvalue weighted by Crippen LogP contribution is 2.46. The van der Waals surface area contributed by atoms with E-state index in [-0.39, 0.29) is 6.10 Å². The third kappa shape index (κ3) is 2.17. The van der Waals surface area contributed by atoms with Crippen LogP contribution in [-0.4, -0.2) is 21.9 Å². The van der Waals surface area contributed by atoms with Gasteiger partial charge in [-0.05, 0) is 31.6 Å². The molecule has 0 unspecified atom stereocenters. The van der Waals surface area contributed by atoms with Crippen LogP contribution in [0.3, 0.4) is 0 Å². The molecule has 0 spiro atoms. The lowest BCUT2D eigenvalue weighted by Crippen LogP contribution is -2.17. The van der Waals surface area contributed by atoms with Gasteiger partial charge in [0.15, 0.2) is 0 Å². The number of hydrogen-bond donors (Lipinski definition) is 2. The minimum Gasteiger partial charge on any atom is -0.393 e. The van der Waals surface area contributed by atoms with Crippen LogP contribution in [0, 0.1) is 11.8 Å². The smallest absolute Gasteiger partial charge is 0.0653 e. The SMILES string of the molecule is CC(C)[C@@H](O)C[C@@H]1C[C@]1(C)O. The van der Waals surface area contributed by atoms with Crippen LogP contribution in [0.1, 0.15) is 33.6 Å². The Kier molecular flexibility index (Phi) is 2.26. The monoisotopic (exact) mass is 158 g/mol. The van der Waals surface area contributed by atoms with E-state index in [1.165, 1.54) is 0 Å². The van der Waals surface area contributed by atoms with Crippen molar-refractivity contribution in [3.63, 3.8) is 0 Å². The molecule has 0 aromatic rings. The van der Waals surface area contributed by atoms with Crippen LogP contribution in [0.2, 0.25) is 0 Å². The molecule has 0 amide bonds. The summed E-state index contributed by atoms with van der Waals surface area (Å²) in [5.74, 6) is 0.645. The zero-order valence-electron chi connectivity index (χ0n) is 7.54. The van der Waals surface area contributed by atoms with Gasteiger partial charge in [0.25, 0.3) is 0 Å². The molecule has 0 aromatic carbocycles. The van der Waals surface area contributed by atoms with E-state index in [4.69, 9.17) is 0 Å². The highest BCUT2D eigenvalue weighted by Gasteiger charge is 2.48. The maximum atomic E-state index is 9.46. The van der Waals surface area contributed by atoms with Gasteiger partial charge in [-0.1, -0.05) is 13.8 Å². The Morgan fingerprint density at radius 1 is 1.55 bits per heavy atom. The van der Waals surface area contributed by atoms with Gasteiger partial charge in [0.1, 0.15) is 0 Å². The summed E-state index contributed by atoms with van der Waals surface area (Å²) in [7, 11) is 0. The van der Waals surface area contributed by atoms with Crippen molar-refractivity contribution in [3.05, 3.63) is 0 Å². The molecule has 1 saturated carbocycles. The maximum Gasteiger partial charge on any atom is 0.0653 e. The first-order valence-electron chi connectivity index (χ1n) is 4.34. The van der Waals surface area contributed by atoms with E-state index < -0.39 is 5.60 Å². The lowest BCUT2D eigenvalue weighted by Gasteiger charge is -2.14.